The first kappa shape index (κ1) is 15.8. The van der Waals surface area contributed by atoms with E-state index in [9.17, 15) is 4.79 Å². The number of thiophene rings is 1. The molecule has 0 saturated heterocycles. The van der Waals surface area contributed by atoms with E-state index < -0.39 is 5.91 Å². The molecule has 0 aliphatic rings. The fraction of sp³-hybridized carbons (Fsp3) is 0.643. The Kier molecular flexibility index (Phi) is 6.70. The molecule has 4 nitrogen and oxygen atoms in total. The number of hydrogen-bond donors (Lipinski definition) is 3. The Morgan fingerprint density at radius 2 is 2.00 bits per heavy atom. The van der Waals surface area contributed by atoms with Gasteiger partial charge in [0.2, 0.25) is 0 Å². The summed E-state index contributed by atoms with van der Waals surface area (Å²) >= 11 is 1.33. The van der Waals surface area contributed by atoms with Gasteiger partial charge in [-0.1, -0.05) is 39.5 Å². The number of primary amides is 1. The van der Waals surface area contributed by atoms with Gasteiger partial charge >= 0.3 is 0 Å². The predicted molar refractivity (Wildman–Crippen MR) is 83.7 cm³/mol. The van der Waals surface area contributed by atoms with Crippen molar-refractivity contribution in [3.8, 4) is 0 Å². The van der Waals surface area contributed by atoms with Crippen molar-refractivity contribution in [2.24, 2.45) is 11.7 Å². The van der Waals surface area contributed by atoms with Gasteiger partial charge in [-0.25, -0.2) is 0 Å². The molecule has 0 unspecified atom stereocenters. The zero-order valence-corrected chi connectivity index (χ0v) is 12.7. The second-order valence-corrected chi connectivity index (χ2v) is 6.34. The van der Waals surface area contributed by atoms with Crippen LogP contribution in [0.4, 0.5) is 10.7 Å². The van der Waals surface area contributed by atoms with Crippen molar-refractivity contribution >= 4 is 27.9 Å². The number of carbonyl (C=O) groups excluding carboxylic acids is 1. The molecule has 0 aromatic carbocycles. The number of nitrogen functional groups attached to an aromatic ring is 1. The van der Waals surface area contributed by atoms with E-state index >= 15 is 0 Å². The fourth-order valence-corrected chi connectivity index (χ4v) is 2.78. The Morgan fingerprint density at radius 1 is 1.32 bits per heavy atom. The van der Waals surface area contributed by atoms with Gasteiger partial charge in [0.1, 0.15) is 4.88 Å². The van der Waals surface area contributed by atoms with Gasteiger partial charge in [-0.2, -0.15) is 0 Å². The van der Waals surface area contributed by atoms with Gasteiger partial charge in [0.05, 0.1) is 10.7 Å². The average Bonchev–Trinajstić information content (AvgIpc) is 2.69. The summed E-state index contributed by atoms with van der Waals surface area (Å²) in [7, 11) is 0. The minimum Gasteiger partial charge on any atom is -0.397 e. The summed E-state index contributed by atoms with van der Waals surface area (Å²) in [5, 5.41) is 4.22. The lowest BCUT2D eigenvalue weighted by molar-refractivity contribution is 0.100. The van der Waals surface area contributed by atoms with Crippen LogP contribution in [0.15, 0.2) is 6.07 Å². The SMILES string of the molecule is CC(C)CCCCCCNc1cc(N)c(C(N)=O)s1. The normalized spacial score (nSPS) is 10.9. The monoisotopic (exact) mass is 283 g/mol. The Balaban J connectivity index is 2.16. The first-order valence-corrected chi connectivity index (χ1v) is 7.75. The van der Waals surface area contributed by atoms with Crippen LogP contribution in [0, 0.1) is 5.92 Å². The van der Waals surface area contributed by atoms with Gasteiger partial charge in [0, 0.05) is 6.54 Å². The van der Waals surface area contributed by atoms with Crippen LogP contribution in [0.2, 0.25) is 0 Å². The molecule has 0 bridgehead atoms. The third-order valence-electron chi connectivity index (χ3n) is 2.99. The molecular weight excluding hydrogens is 258 g/mol. The molecule has 0 aliphatic heterocycles. The molecule has 5 N–H and O–H groups in total. The molecule has 0 fully saturated rings. The van der Waals surface area contributed by atoms with Crippen LogP contribution in [0.3, 0.4) is 0 Å². The van der Waals surface area contributed by atoms with Crippen molar-refractivity contribution in [3.05, 3.63) is 10.9 Å². The number of hydrogen-bond acceptors (Lipinski definition) is 4. The molecule has 0 aliphatic carbocycles. The highest BCUT2D eigenvalue weighted by Gasteiger charge is 2.10. The first-order valence-electron chi connectivity index (χ1n) is 6.93. The summed E-state index contributed by atoms with van der Waals surface area (Å²) in [6.45, 7) is 5.44. The Morgan fingerprint density at radius 3 is 2.58 bits per heavy atom. The number of carbonyl (C=O) groups is 1. The Labute approximate surface area is 119 Å². The maximum absolute atomic E-state index is 11.1. The van der Waals surface area contributed by atoms with Crippen molar-refractivity contribution in [1.29, 1.82) is 0 Å². The van der Waals surface area contributed by atoms with E-state index in [1.807, 2.05) is 0 Å². The van der Waals surface area contributed by atoms with Crippen LogP contribution in [0.1, 0.15) is 55.6 Å². The Hall–Kier alpha value is -1.23. The van der Waals surface area contributed by atoms with Gasteiger partial charge in [-0.05, 0) is 18.4 Å². The molecule has 0 saturated carbocycles. The molecular formula is C14H25N3OS. The summed E-state index contributed by atoms with van der Waals surface area (Å²) < 4.78 is 0. The highest BCUT2D eigenvalue weighted by Crippen LogP contribution is 2.28. The number of nitrogens with one attached hydrogen (secondary N) is 1. The Bertz CT molecular complexity index is 401. The summed E-state index contributed by atoms with van der Waals surface area (Å²) in [4.78, 5) is 11.5. The van der Waals surface area contributed by atoms with Gasteiger partial charge in [-0.15, -0.1) is 11.3 Å². The first-order chi connectivity index (χ1) is 9.00. The van der Waals surface area contributed by atoms with E-state index in [0.717, 1.165) is 23.9 Å². The molecule has 0 radical (unpaired) electrons. The smallest absolute Gasteiger partial charge is 0.260 e. The summed E-state index contributed by atoms with van der Waals surface area (Å²) in [6.07, 6.45) is 6.30. The topological polar surface area (TPSA) is 81.1 Å². The summed E-state index contributed by atoms with van der Waals surface area (Å²) in [5.41, 5.74) is 11.4. The number of amides is 1. The maximum Gasteiger partial charge on any atom is 0.260 e. The van der Waals surface area contributed by atoms with E-state index in [0.29, 0.717) is 10.6 Å². The average molecular weight is 283 g/mol. The van der Waals surface area contributed by atoms with Crippen LogP contribution >= 0.6 is 11.3 Å². The molecule has 108 valence electrons. The lowest BCUT2D eigenvalue weighted by atomic mass is 10.0. The van der Waals surface area contributed by atoms with E-state index in [4.69, 9.17) is 11.5 Å². The number of unbranched alkanes of at least 4 members (excludes halogenated alkanes) is 3. The van der Waals surface area contributed by atoms with E-state index in [2.05, 4.69) is 19.2 Å². The highest BCUT2D eigenvalue weighted by atomic mass is 32.1. The fourth-order valence-electron chi connectivity index (χ4n) is 1.93. The lowest BCUT2D eigenvalue weighted by Gasteiger charge is -2.05. The molecule has 1 aromatic rings. The van der Waals surface area contributed by atoms with Crippen molar-refractivity contribution in [2.45, 2.75) is 46.0 Å². The zero-order chi connectivity index (χ0) is 14.3. The second kappa shape index (κ2) is 8.04. The van der Waals surface area contributed by atoms with Crippen molar-refractivity contribution in [3.63, 3.8) is 0 Å². The standard InChI is InChI=1S/C14H25N3OS/c1-10(2)7-5-3-4-6-8-17-12-9-11(15)13(19-12)14(16)18/h9-10,17H,3-8,15H2,1-2H3,(H2,16,18). The van der Waals surface area contributed by atoms with Crippen LogP contribution in [0.5, 0.6) is 0 Å². The van der Waals surface area contributed by atoms with Crippen LogP contribution < -0.4 is 16.8 Å². The van der Waals surface area contributed by atoms with Crippen LogP contribution in [-0.2, 0) is 0 Å². The molecule has 0 spiro atoms. The third kappa shape index (κ3) is 5.96. The quantitative estimate of drug-likeness (QED) is 0.607. The van der Waals surface area contributed by atoms with Gasteiger partial charge in [-0.3, -0.25) is 4.79 Å². The van der Waals surface area contributed by atoms with Crippen molar-refractivity contribution in [1.82, 2.24) is 0 Å². The number of rotatable bonds is 9. The molecule has 5 heteroatoms. The summed E-state index contributed by atoms with van der Waals surface area (Å²) in [5.74, 6) is 0.351. The molecule has 1 amide bonds. The third-order valence-corrected chi connectivity index (χ3v) is 4.12. The molecule has 1 heterocycles. The van der Waals surface area contributed by atoms with E-state index in [1.54, 1.807) is 6.07 Å². The second-order valence-electron chi connectivity index (χ2n) is 5.28. The highest BCUT2D eigenvalue weighted by molar-refractivity contribution is 7.18. The minimum absolute atomic E-state index is 0.444. The van der Waals surface area contributed by atoms with Gasteiger partial charge in [0.25, 0.3) is 5.91 Å². The van der Waals surface area contributed by atoms with Crippen molar-refractivity contribution < 1.29 is 4.79 Å². The lowest BCUT2D eigenvalue weighted by Crippen LogP contribution is -2.10. The van der Waals surface area contributed by atoms with E-state index in [1.165, 1.54) is 37.0 Å². The zero-order valence-electron chi connectivity index (χ0n) is 11.9. The van der Waals surface area contributed by atoms with Crippen LogP contribution in [0.25, 0.3) is 0 Å². The molecule has 19 heavy (non-hydrogen) atoms. The van der Waals surface area contributed by atoms with Gasteiger partial charge in [0.15, 0.2) is 0 Å². The summed E-state index contributed by atoms with van der Waals surface area (Å²) in [6, 6.07) is 1.78. The van der Waals surface area contributed by atoms with E-state index in [-0.39, 0.29) is 0 Å². The van der Waals surface area contributed by atoms with Gasteiger partial charge < -0.3 is 16.8 Å². The molecule has 1 aromatic heterocycles. The van der Waals surface area contributed by atoms with Crippen LogP contribution in [-0.4, -0.2) is 12.5 Å². The predicted octanol–water partition coefficient (Wildman–Crippen LogP) is 3.45. The largest absolute Gasteiger partial charge is 0.397 e. The molecule has 0 atom stereocenters. The number of anilines is 2. The minimum atomic E-state index is -0.454. The van der Waals surface area contributed by atoms with Crippen molar-refractivity contribution in [2.75, 3.05) is 17.6 Å². The number of nitrogens with two attached hydrogens (primary N) is 2. The molecule has 1 rings (SSSR count). The maximum atomic E-state index is 11.1.